The lowest BCUT2D eigenvalue weighted by Crippen LogP contribution is -2.30. The average Bonchev–Trinajstić information content (AvgIpc) is 2.76. The van der Waals surface area contributed by atoms with Crippen LogP contribution in [0, 0.1) is 0 Å². The summed E-state index contributed by atoms with van der Waals surface area (Å²) in [4.78, 5) is 13.4. The second kappa shape index (κ2) is 6.68. The summed E-state index contributed by atoms with van der Waals surface area (Å²) in [5, 5.41) is 0. The predicted molar refractivity (Wildman–Crippen MR) is 69.7 cm³/mol. The quantitative estimate of drug-likeness (QED) is 0.453. The van der Waals surface area contributed by atoms with Crippen molar-refractivity contribution in [3.05, 3.63) is 23.7 Å². The van der Waals surface area contributed by atoms with Crippen molar-refractivity contribution in [1.29, 1.82) is 0 Å². The summed E-state index contributed by atoms with van der Waals surface area (Å²) in [6, 6.07) is 2.17. The van der Waals surface area contributed by atoms with Gasteiger partial charge in [-0.2, -0.15) is 11.8 Å². The van der Waals surface area contributed by atoms with Gasteiger partial charge in [-0.15, -0.1) is 0 Å². The summed E-state index contributed by atoms with van der Waals surface area (Å²) in [6.45, 7) is 2.84. The minimum atomic E-state index is -0.334. The van der Waals surface area contributed by atoms with Crippen molar-refractivity contribution < 1.29 is 9.21 Å². The van der Waals surface area contributed by atoms with E-state index < -0.39 is 0 Å². The molecule has 0 radical (unpaired) electrons. The summed E-state index contributed by atoms with van der Waals surface area (Å²) < 4.78 is 5.32. The summed E-state index contributed by atoms with van der Waals surface area (Å²) in [5.41, 5.74) is 2.53. The number of nitrogen functional groups attached to an aromatic ring is 1. The fourth-order valence-electron chi connectivity index (χ4n) is 1.44. The Morgan fingerprint density at radius 1 is 1.71 bits per heavy atom. The second-order valence-electron chi connectivity index (χ2n) is 3.99. The van der Waals surface area contributed by atoms with Crippen molar-refractivity contribution in [2.75, 3.05) is 19.1 Å². The lowest BCUT2D eigenvalue weighted by atomic mass is 10.2. The molecule has 1 aromatic heterocycles. The predicted octanol–water partition coefficient (Wildman–Crippen LogP) is 1.07. The Bertz CT molecular complexity index is 367. The fraction of sp³-hybridized carbons (Fsp3) is 0.545. The minimum absolute atomic E-state index is 0.334. The molecule has 3 N–H and O–H groups in total. The van der Waals surface area contributed by atoms with Crippen molar-refractivity contribution in [3.63, 3.8) is 0 Å². The SMILES string of the molecule is CSCC(C)N(C)Cc1cc(C(=O)NN)co1. The van der Waals surface area contributed by atoms with Crippen LogP contribution in [-0.2, 0) is 6.54 Å². The van der Waals surface area contributed by atoms with Crippen molar-refractivity contribution in [3.8, 4) is 0 Å². The highest BCUT2D eigenvalue weighted by Gasteiger charge is 2.13. The van der Waals surface area contributed by atoms with Gasteiger partial charge < -0.3 is 4.42 Å². The van der Waals surface area contributed by atoms with Gasteiger partial charge in [0.1, 0.15) is 12.0 Å². The third-order valence-corrected chi connectivity index (χ3v) is 3.43. The molecule has 1 unspecified atom stereocenters. The second-order valence-corrected chi connectivity index (χ2v) is 4.91. The van der Waals surface area contributed by atoms with Gasteiger partial charge in [0.15, 0.2) is 0 Å². The minimum Gasteiger partial charge on any atom is -0.467 e. The Balaban J connectivity index is 2.57. The van der Waals surface area contributed by atoms with Crippen molar-refractivity contribution in [1.82, 2.24) is 10.3 Å². The van der Waals surface area contributed by atoms with Crippen LogP contribution in [0.2, 0.25) is 0 Å². The Labute approximate surface area is 106 Å². The smallest absolute Gasteiger partial charge is 0.268 e. The van der Waals surface area contributed by atoms with Gasteiger partial charge in [-0.3, -0.25) is 15.1 Å². The Hall–Kier alpha value is -0.980. The van der Waals surface area contributed by atoms with Crippen LogP contribution in [0.25, 0.3) is 0 Å². The Morgan fingerprint density at radius 3 is 3.00 bits per heavy atom. The highest BCUT2D eigenvalue weighted by atomic mass is 32.2. The number of hydrazine groups is 1. The zero-order valence-electron chi connectivity index (χ0n) is 10.4. The topological polar surface area (TPSA) is 71.5 Å². The van der Waals surface area contributed by atoms with Gasteiger partial charge in [0.05, 0.1) is 12.1 Å². The highest BCUT2D eigenvalue weighted by molar-refractivity contribution is 7.98. The maximum Gasteiger partial charge on any atom is 0.268 e. The standard InChI is InChI=1S/C11H19N3O2S/c1-8(7-17-3)14(2)5-10-4-9(6-16-10)11(15)13-12/h4,6,8H,5,7,12H2,1-3H3,(H,13,15). The van der Waals surface area contributed by atoms with Crippen LogP contribution in [-0.4, -0.2) is 35.9 Å². The normalized spacial score (nSPS) is 12.8. The van der Waals surface area contributed by atoms with E-state index in [-0.39, 0.29) is 5.91 Å². The average molecular weight is 257 g/mol. The number of thioether (sulfide) groups is 1. The number of nitrogens with one attached hydrogen (secondary N) is 1. The number of furan rings is 1. The molecule has 1 aromatic rings. The first kappa shape index (κ1) is 14.1. The van der Waals surface area contributed by atoms with Crippen LogP contribution < -0.4 is 11.3 Å². The molecule has 17 heavy (non-hydrogen) atoms. The highest BCUT2D eigenvalue weighted by Crippen LogP contribution is 2.12. The first-order valence-corrected chi connectivity index (χ1v) is 6.75. The number of carbonyl (C=O) groups excluding carboxylic acids is 1. The molecular weight excluding hydrogens is 238 g/mol. The number of nitrogens with two attached hydrogens (primary N) is 1. The summed E-state index contributed by atoms with van der Waals surface area (Å²) in [6.07, 6.45) is 3.51. The van der Waals surface area contributed by atoms with Crippen molar-refractivity contribution in [2.45, 2.75) is 19.5 Å². The molecule has 0 saturated carbocycles. The zero-order valence-corrected chi connectivity index (χ0v) is 11.2. The molecule has 1 atom stereocenters. The first-order valence-electron chi connectivity index (χ1n) is 5.36. The number of carbonyl (C=O) groups is 1. The molecule has 1 rings (SSSR count). The van der Waals surface area contributed by atoms with Crippen molar-refractivity contribution in [2.24, 2.45) is 5.84 Å². The van der Waals surface area contributed by atoms with Gasteiger partial charge in [0.2, 0.25) is 0 Å². The van der Waals surface area contributed by atoms with Gasteiger partial charge >= 0.3 is 0 Å². The Morgan fingerprint density at radius 2 is 2.41 bits per heavy atom. The molecule has 0 fully saturated rings. The van der Waals surface area contributed by atoms with Crippen LogP contribution >= 0.6 is 11.8 Å². The third kappa shape index (κ3) is 4.07. The molecule has 0 saturated heterocycles. The molecule has 1 amide bonds. The van der Waals surface area contributed by atoms with Crippen LogP contribution in [0.1, 0.15) is 23.0 Å². The van der Waals surface area contributed by atoms with E-state index in [2.05, 4.69) is 23.5 Å². The lowest BCUT2D eigenvalue weighted by molar-refractivity contribution is 0.0953. The van der Waals surface area contributed by atoms with E-state index in [0.717, 1.165) is 11.5 Å². The largest absolute Gasteiger partial charge is 0.467 e. The van der Waals surface area contributed by atoms with E-state index in [4.69, 9.17) is 10.3 Å². The first-order chi connectivity index (χ1) is 8.08. The molecule has 0 spiro atoms. The van der Waals surface area contributed by atoms with E-state index in [1.54, 1.807) is 6.07 Å². The number of hydrogen-bond donors (Lipinski definition) is 2. The molecule has 0 bridgehead atoms. The van der Waals surface area contributed by atoms with Crippen LogP contribution in [0.5, 0.6) is 0 Å². The zero-order chi connectivity index (χ0) is 12.8. The molecule has 1 heterocycles. The van der Waals surface area contributed by atoms with E-state index in [9.17, 15) is 4.79 Å². The number of nitrogens with zero attached hydrogens (tertiary/aromatic N) is 1. The summed E-state index contributed by atoms with van der Waals surface area (Å²) in [5.74, 6) is 6.54. The van der Waals surface area contributed by atoms with E-state index in [1.165, 1.54) is 6.26 Å². The van der Waals surface area contributed by atoms with Crippen LogP contribution in [0.4, 0.5) is 0 Å². The van der Waals surface area contributed by atoms with Crippen LogP contribution in [0.3, 0.4) is 0 Å². The van der Waals surface area contributed by atoms with E-state index in [0.29, 0.717) is 18.2 Å². The van der Waals surface area contributed by atoms with Crippen LogP contribution in [0.15, 0.2) is 16.7 Å². The molecule has 0 aliphatic carbocycles. The maximum atomic E-state index is 11.2. The fourth-order valence-corrected chi connectivity index (χ4v) is 2.17. The third-order valence-electron chi connectivity index (χ3n) is 2.61. The van der Waals surface area contributed by atoms with Gasteiger partial charge in [-0.05, 0) is 26.3 Å². The molecule has 96 valence electrons. The molecular formula is C11H19N3O2S. The van der Waals surface area contributed by atoms with Gasteiger partial charge in [-0.1, -0.05) is 0 Å². The number of rotatable bonds is 6. The molecule has 6 heteroatoms. The lowest BCUT2D eigenvalue weighted by Gasteiger charge is -2.22. The number of amides is 1. The molecule has 5 nitrogen and oxygen atoms in total. The van der Waals surface area contributed by atoms with Gasteiger partial charge in [0, 0.05) is 11.8 Å². The molecule has 0 aliphatic heterocycles. The van der Waals surface area contributed by atoms with E-state index in [1.807, 2.05) is 18.8 Å². The summed E-state index contributed by atoms with van der Waals surface area (Å²) in [7, 11) is 2.03. The van der Waals surface area contributed by atoms with Crippen molar-refractivity contribution >= 4 is 17.7 Å². The molecule has 0 aliphatic rings. The number of hydrogen-bond acceptors (Lipinski definition) is 5. The maximum absolute atomic E-state index is 11.2. The van der Waals surface area contributed by atoms with Gasteiger partial charge in [0.25, 0.3) is 5.91 Å². The summed E-state index contributed by atoms with van der Waals surface area (Å²) >= 11 is 1.81. The molecule has 0 aromatic carbocycles. The van der Waals surface area contributed by atoms with Gasteiger partial charge in [-0.25, -0.2) is 5.84 Å². The van der Waals surface area contributed by atoms with E-state index >= 15 is 0 Å². The monoisotopic (exact) mass is 257 g/mol. The Kier molecular flexibility index (Phi) is 5.54.